The van der Waals surface area contributed by atoms with Gasteiger partial charge in [0.05, 0.1) is 6.54 Å². The Morgan fingerprint density at radius 2 is 1.64 bits per heavy atom. The molecule has 33 heavy (non-hydrogen) atoms. The minimum absolute atomic E-state index is 0.243. The maximum absolute atomic E-state index is 13.1. The van der Waals surface area contributed by atoms with Crippen LogP contribution in [0.15, 0.2) is 64.9 Å². The fourth-order valence-electron chi connectivity index (χ4n) is 3.57. The molecule has 10 heteroatoms. The molecule has 6 nitrogen and oxygen atoms in total. The van der Waals surface area contributed by atoms with Crippen molar-refractivity contribution in [3.63, 3.8) is 0 Å². The number of nitrogens with one attached hydrogen (secondary N) is 1. The molecule has 0 unspecified atom stereocenters. The summed E-state index contributed by atoms with van der Waals surface area (Å²) in [6.07, 6.45) is 0. The average molecular weight is 508 g/mol. The minimum atomic E-state index is -3.59. The van der Waals surface area contributed by atoms with Gasteiger partial charge in [0.1, 0.15) is 10.0 Å². The van der Waals surface area contributed by atoms with E-state index in [2.05, 4.69) is 10.2 Å². The lowest BCUT2D eigenvalue weighted by Gasteiger charge is -2.33. The van der Waals surface area contributed by atoms with Gasteiger partial charge < -0.3 is 5.32 Å². The van der Waals surface area contributed by atoms with Gasteiger partial charge in [0, 0.05) is 48.2 Å². The fourth-order valence-corrected chi connectivity index (χ4v) is 6.56. The number of benzene rings is 2. The van der Waals surface area contributed by atoms with Crippen LogP contribution in [0.2, 0.25) is 5.02 Å². The smallest absolute Gasteiger partial charge is 0.252 e. The molecule has 0 spiro atoms. The van der Waals surface area contributed by atoms with Crippen molar-refractivity contribution in [2.75, 3.05) is 26.2 Å². The molecule has 1 N–H and O–H groups in total. The number of thiophene rings is 1. The van der Waals surface area contributed by atoms with E-state index in [0.29, 0.717) is 43.3 Å². The van der Waals surface area contributed by atoms with E-state index < -0.39 is 10.0 Å². The number of rotatable bonds is 7. The van der Waals surface area contributed by atoms with Crippen LogP contribution in [0.25, 0.3) is 0 Å². The first-order valence-electron chi connectivity index (χ1n) is 10.4. The Kier molecular flexibility index (Phi) is 7.45. The van der Waals surface area contributed by atoms with Crippen molar-refractivity contribution in [2.24, 2.45) is 0 Å². The highest BCUT2D eigenvalue weighted by Crippen LogP contribution is 2.26. The molecule has 174 valence electrons. The molecule has 1 saturated heterocycles. The van der Waals surface area contributed by atoms with Gasteiger partial charge in [-0.1, -0.05) is 23.7 Å². The molecule has 3 aromatic rings. The highest BCUT2D eigenvalue weighted by molar-refractivity contribution is 7.91. The molecule has 0 saturated carbocycles. The molecule has 0 aliphatic carbocycles. The molecule has 1 amide bonds. The number of sulfonamides is 1. The Morgan fingerprint density at radius 3 is 2.30 bits per heavy atom. The minimum Gasteiger partial charge on any atom is -0.347 e. The van der Waals surface area contributed by atoms with Crippen LogP contribution in [0.4, 0.5) is 4.39 Å². The van der Waals surface area contributed by atoms with Crippen LogP contribution in [-0.2, 0) is 23.1 Å². The molecule has 1 fully saturated rings. The second-order valence-corrected chi connectivity index (χ2v) is 11.5. The highest BCUT2D eigenvalue weighted by Gasteiger charge is 2.29. The second kappa shape index (κ2) is 10.3. The van der Waals surface area contributed by atoms with Gasteiger partial charge in [0.25, 0.3) is 15.9 Å². The molecule has 0 bridgehead atoms. The summed E-state index contributed by atoms with van der Waals surface area (Å²) in [4.78, 5) is 15.2. The van der Waals surface area contributed by atoms with Crippen LogP contribution < -0.4 is 5.32 Å². The first-order valence-corrected chi connectivity index (χ1v) is 13.0. The zero-order valence-electron chi connectivity index (χ0n) is 17.7. The number of nitrogens with zero attached hydrogens (tertiary/aromatic N) is 2. The van der Waals surface area contributed by atoms with E-state index in [9.17, 15) is 17.6 Å². The maximum atomic E-state index is 13.1. The molecular weight excluding hydrogens is 485 g/mol. The summed E-state index contributed by atoms with van der Waals surface area (Å²) in [6, 6.07) is 16.2. The molecule has 1 aromatic heterocycles. The van der Waals surface area contributed by atoms with E-state index >= 15 is 0 Å². The predicted molar refractivity (Wildman–Crippen MR) is 127 cm³/mol. The Balaban J connectivity index is 1.31. The molecule has 4 rings (SSSR count). The summed E-state index contributed by atoms with van der Waals surface area (Å²) in [5, 5.41) is 3.35. The van der Waals surface area contributed by atoms with Gasteiger partial charge in [0.15, 0.2) is 0 Å². The summed E-state index contributed by atoms with van der Waals surface area (Å²) in [5.74, 6) is -0.517. The third kappa shape index (κ3) is 5.99. The Labute approximate surface area is 201 Å². The summed E-state index contributed by atoms with van der Waals surface area (Å²) in [7, 11) is -3.59. The van der Waals surface area contributed by atoms with Crippen LogP contribution in [0, 0.1) is 5.82 Å². The fraction of sp³-hybridized carbons (Fsp3) is 0.261. The topological polar surface area (TPSA) is 69.7 Å². The average Bonchev–Trinajstić information content (AvgIpc) is 3.30. The van der Waals surface area contributed by atoms with Crippen molar-refractivity contribution >= 4 is 38.9 Å². The van der Waals surface area contributed by atoms with Crippen LogP contribution >= 0.6 is 22.9 Å². The van der Waals surface area contributed by atoms with Crippen LogP contribution in [0.1, 0.15) is 20.8 Å². The predicted octanol–water partition coefficient (Wildman–Crippen LogP) is 3.98. The van der Waals surface area contributed by atoms with E-state index in [-0.39, 0.29) is 22.5 Å². The molecule has 2 aromatic carbocycles. The molecule has 2 heterocycles. The van der Waals surface area contributed by atoms with Gasteiger partial charge in [-0.2, -0.15) is 4.31 Å². The van der Waals surface area contributed by atoms with Crippen LogP contribution in [-0.4, -0.2) is 49.7 Å². The van der Waals surface area contributed by atoms with Gasteiger partial charge >= 0.3 is 0 Å². The Bertz CT molecular complexity index is 1210. The molecule has 0 radical (unpaired) electrons. The number of hydrogen-bond donors (Lipinski definition) is 1. The summed E-state index contributed by atoms with van der Waals surface area (Å²) in [6.45, 7) is 2.89. The largest absolute Gasteiger partial charge is 0.347 e. The zero-order chi connectivity index (χ0) is 23.4. The van der Waals surface area contributed by atoms with Crippen molar-refractivity contribution in [3.8, 4) is 0 Å². The normalized spacial score (nSPS) is 15.5. The number of carbonyl (C=O) groups is 1. The van der Waals surface area contributed by atoms with Gasteiger partial charge in [-0.25, -0.2) is 12.8 Å². The van der Waals surface area contributed by atoms with Crippen molar-refractivity contribution in [1.29, 1.82) is 0 Å². The summed E-state index contributed by atoms with van der Waals surface area (Å²) >= 11 is 7.01. The van der Waals surface area contributed by atoms with E-state index in [1.165, 1.54) is 16.4 Å². The number of halogens is 2. The van der Waals surface area contributed by atoms with Crippen molar-refractivity contribution in [2.45, 2.75) is 17.3 Å². The lowest BCUT2D eigenvalue weighted by Crippen LogP contribution is -2.48. The number of carbonyl (C=O) groups excluding carboxylic acids is 1. The first-order chi connectivity index (χ1) is 15.8. The van der Waals surface area contributed by atoms with Gasteiger partial charge in [-0.3, -0.25) is 9.69 Å². The molecule has 1 aliphatic heterocycles. The zero-order valence-corrected chi connectivity index (χ0v) is 20.1. The summed E-state index contributed by atoms with van der Waals surface area (Å²) in [5.41, 5.74) is 1.48. The van der Waals surface area contributed by atoms with Gasteiger partial charge in [-0.05, 0) is 54.1 Å². The number of hydrogen-bond acceptors (Lipinski definition) is 5. The highest BCUT2D eigenvalue weighted by atomic mass is 35.5. The molecule has 0 atom stereocenters. The van der Waals surface area contributed by atoms with E-state index in [1.54, 1.807) is 48.5 Å². The first kappa shape index (κ1) is 23.8. The van der Waals surface area contributed by atoms with Gasteiger partial charge in [0.2, 0.25) is 0 Å². The standard InChI is InChI=1S/C23H23ClFN3O3S2/c24-19-5-3-18(4-6-19)23(29)26-15-21-9-10-22(32-21)33(30,31)28-13-11-27(12-14-28)16-17-1-7-20(25)8-2-17/h1-10H,11-16H2,(H,26,29). The summed E-state index contributed by atoms with van der Waals surface area (Å²) < 4.78 is 41.0. The lowest BCUT2D eigenvalue weighted by molar-refractivity contribution is 0.0951. The monoisotopic (exact) mass is 507 g/mol. The van der Waals surface area contributed by atoms with E-state index in [1.807, 2.05) is 0 Å². The Morgan fingerprint density at radius 1 is 0.970 bits per heavy atom. The SMILES string of the molecule is O=C(NCc1ccc(S(=O)(=O)N2CCN(Cc3ccc(F)cc3)CC2)s1)c1ccc(Cl)cc1. The van der Waals surface area contributed by atoms with Crippen molar-refractivity contribution in [1.82, 2.24) is 14.5 Å². The maximum Gasteiger partial charge on any atom is 0.252 e. The number of piperazine rings is 1. The van der Waals surface area contributed by atoms with Crippen molar-refractivity contribution < 1.29 is 17.6 Å². The third-order valence-corrected chi connectivity index (χ3v) is 9.11. The Hall–Kier alpha value is -2.30. The second-order valence-electron chi connectivity index (χ2n) is 7.72. The van der Waals surface area contributed by atoms with E-state index in [4.69, 9.17) is 11.6 Å². The quantitative estimate of drug-likeness (QED) is 0.525. The van der Waals surface area contributed by atoms with Gasteiger partial charge in [-0.15, -0.1) is 11.3 Å². The van der Waals surface area contributed by atoms with Crippen LogP contribution in [0.5, 0.6) is 0 Å². The molecular formula is C23H23ClFN3O3S2. The van der Waals surface area contributed by atoms with Crippen LogP contribution in [0.3, 0.4) is 0 Å². The van der Waals surface area contributed by atoms with E-state index in [0.717, 1.165) is 21.8 Å². The lowest BCUT2D eigenvalue weighted by atomic mass is 10.2. The molecule has 1 aliphatic rings. The number of amides is 1. The third-order valence-electron chi connectivity index (χ3n) is 5.41. The van der Waals surface area contributed by atoms with Crippen molar-refractivity contribution in [3.05, 3.63) is 87.5 Å².